The van der Waals surface area contributed by atoms with Gasteiger partial charge in [0.15, 0.2) is 0 Å². The highest BCUT2D eigenvalue weighted by molar-refractivity contribution is 7.98. The number of hydrogen-bond acceptors (Lipinski definition) is 2. The lowest BCUT2D eigenvalue weighted by atomic mass is 10.1. The lowest BCUT2D eigenvalue weighted by Crippen LogP contribution is -1.91. The Morgan fingerprint density at radius 3 is 2.64 bits per heavy atom. The first-order valence-electron chi connectivity index (χ1n) is 4.69. The number of nitrogens with zero attached hydrogens (tertiary/aromatic N) is 1. The molecule has 0 aliphatic rings. The average molecular weight is 203 g/mol. The molecule has 2 rings (SSSR count). The predicted octanol–water partition coefficient (Wildman–Crippen LogP) is 3.66. The predicted molar refractivity (Wildman–Crippen MR) is 63.7 cm³/mol. The Morgan fingerprint density at radius 2 is 1.93 bits per heavy atom. The van der Waals surface area contributed by atoms with Crippen molar-refractivity contribution >= 4 is 22.5 Å². The summed E-state index contributed by atoms with van der Waals surface area (Å²) in [6, 6.07) is 10.5. The van der Waals surface area contributed by atoms with Crippen molar-refractivity contribution in [2.24, 2.45) is 0 Å². The molecule has 0 saturated heterocycles. The van der Waals surface area contributed by atoms with Crippen LogP contribution in [0.15, 0.2) is 36.5 Å². The molecule has 1 heterocycles. The molecule has 0 radical (unpaired) electrons. The fourth-order valence-corrected chi connectivity index (χ4v) is 1.81. The molecule has 1 aromatic carbocycles. The summed E-state index contributed by atoms with van der Waals surface area (Å²) in [7, 11) is 0. The van der Waals surface area contributed by atoms with E-state index in [4.69, 9.17) is 0 Å². The van der Waals surface area contributed by atoms with Crippen LogP contribution in [0.1, 0.15) is 17.9 Å². The number of hydrogen-bond donors (Lipinski definition) is 0. The van der Waals surface area contributed by atoms with Crippen LogP contribution in [0.2, 0.25) is 0 Å². The third-order valence-electron chi connectivity index (χ3n) is 2.42. The van der Waals surface area contributed by atoms with E-state index in [1.54, 1.807) is 0 Å². The number of rotatable bonds is 2. The number of thioether (sulfide) groups is 1. The minimum absolute atomic E-state index is 0.472. The number of fused-ring (bicyclic) bond motifs is 1. The maximum absolute atomic E-state index is 4.46. The largest absolute Gasteiger partial charge is 0.259 e. The molecule has 0 saturated carbocycles. The van der Waals surface area contributed by atoms with Crippen LogP contribution in [0.5, 0.6) is 0 Å². The van der Waals surface area contributed by atoms with Gasteiger partial charge in [0.2, 0.25) is 0 Å². The van der Waals surface area contributed by atoms with Crippen LogP contribution in [0.3, 0.4) is 0 Å². The van der Waals surface area contributed by atoms with E-state index in [2.05, 4.69) is 42.4 Å². The number of benzene rings is 1. The van der Waals surface area contributed by atoms with Gasteiger partial charge in [0.25, 0.3) is 0 Å². The maximum Gasteiger partial charge on any atom is 0.0537 e. The molecular formula is C12H13NS. The van der Waals surface area contributed by atoms with Gasteiger partial charge in [-0.1, -0.05) is 24.3 Å². The van der Waals surface area contributed by atoms with Gasteiger partial charge in [-0.3, -0.25) is 4.98 Å². The second-order valence-electron chi connectivity index (χ2n) is 3.33. The van der Waals surface area contributed by atoms with Gasteiger partial charge in [0.1, 0.15) is 0 Å². The van der Waals surface area contributed by atoms with Gasteiger partial charge in [0, 0.05) is 16.8 Å². The third kappa shape index (κ3) is 1.75. The molecular weight excluding hydrogens is 190 g/mol. The normalized spacial score (nSPS) is 13.0. The average Bonchev–Trinajstić information content (AvgIpc) is 2.27. The molecule has 14 heavy (non-hydrogen) atoms. The molecule has 72 valence electrons. The highest BCUT2D eigenvalue weighted by atomic mass is 32.2. The van der Waals surface area contributed by atoms with E-state index in [1.807, 2.05) is 24.0 Å². The molecule has 0 fully saturated rings. The Balaban J connectivity index is 2.51. The van der Waals surface area contributed by atoms with Crippen molar-refractivity contribution in [3.05, 3.63) is 42.2 Å². The number of pyridine rings is 1. The Hall–Kier alpha value is -1.02. The van der Waals surface area contributed by atoms with Crippen molar-refractivity contribution < 1.29 is 0 Å². The van der Waals surface area contributed by atoms with E-state index in [1.165, 1.54) is 10.8 Å². The lowest BCUT2D eigenvalue weighted by molar-refractivity contribution is 1.02. The van der Waals surface area contributed by atoms with E-state index in [9.17, 15) is 0 Å². The zero-order chi connectivity index (χ0) is 9.97. The molecule has 2 aromatic rings. The molecule has 0 N–H and O–H groups in total. The van der Waals surface area contributed by atoms with Crippen LogP contribution in [0.25, 0.3) is 10.8 Å². The zero-order valence-electron chi connectivity index (χ0n) is 8.40. The highest BCUT2D eigenvalue weighted by Gasteiger charge is 2.04. The smallest absolute Gasteiger partial charge is 0.0537 e. The van der Waals surface area contributed by atoms with Gasteiger partial charge in [-0.15, -0.1) is 0 Å². The van der Waals surface area contributed by atoms with E-state index in [-0.39, 0.29) is 0 Å². The van der Waals surface area contributed by atoms with Crippen molar-refractivity contribution in [3.8, 4) is 0 Å². The first-order chi connectivity index (χ1) is 6.81. The molecule has 1 nitrogen and oxygen atoms in total. The van der Waals surface area contributed by atoms with Crippen molar-refractivity contribution in [2.75, 3.05) is 6.26 Å². The van der Waals surface area contributed by atoms with E-state index < -0.39 is 0 Å². The maximum atomic E-state index is 4.46. The van der Waals surface area contributed by atoms with Gasteiger partial charge in [-0.2, -0.15) is 11.8 Å². The molecule has 1 aromatic heterocycles. The second kappa shape index (κ2) is 4.01. The summed E-state index contributed by atoms with van der Waals surface area (Å²) in [5, 5.41) is 2.96. The van der Waals surface area contributed by atoms with Gasteiger partial charge >= 0.3 is 0 Å². The van der Waals surface area contributed by atoms with Gasteiger partial charge in [-0.05, 0) is 24.6 Å². The molecule has 0 aliphatic heterocycles. The first-order valence-corrected chi connectivity index (χ1v) is 5.97. The number of aromatic nitrogens is 1. The minimum Gasteiger partial charge on any atom is -0.259 e. The molecule has 0 amide bonds. The first kappa shape index (κ1) is 9.53. The lowest BCUT2D eigenvalue weighted by Gasteiger charge is -2.07. The van der Waals surface area contributed by atoms with Crippen LogP contribution < -0.4 is 0 Å². The third-order valence-corrected chi connectivity index (χ3v) is 3.37. The molecule has 0 spiro atoms. The summed E-state index contributed by atoms with van der Waals surface area (Å²) >= 11 is 1.82. The molecule has 1 unspecified atom stereocenters. The van der Waals surface area contributed by atoms with Gasteiger partial charge in [-0.25, -0.2) is 0 Å². The van der Waals surface area contributed by atoms with Crippen LogP contribution in [-0.2, 0) is 0 Å². The van der Waals surface area contributed by atoms with Crippen molar-refractivity contribution in [1.82, 2.24) is 4.98 Å². The zero-order valence-corrected chi connectivity index (χ0v) is 9.21. The van der Waals surface area contributed by atoms with Gasteiger partial charge < -0.3 is 0 Å². The standard InChI is InChI=1S/C12H13NS/c1-9(14-2)12-7-10-5-3-4-6-11(10)8-13-12/h3-9H,1-2H3. The van der Waals surface area contributed by atoms with Crippen molar-refractivity contribution in [3.63, 3.8) is 0 Å². The van der Waals surface area contributed by atoms with Crippen LogP contribution >= 0.6 is 11.8 Å². The van der Waals surface area contributed by atoms with Crippen LogP contribution in [-0.4, -0.2) is 11.2 Å². The van der Waals surface area contributed by atoms with E-state index >= 15 is 0 Å². The second-order valence-corrected chi connectivity index (χ2v) is 4.51. The molecule has 2 heteroatoms. The topological polar surface area (TPSA) is 12.9 Å². The fourth-order valence-electron chi connectivity index (χ4n) is 1.44. The molecule has 0 aliphatic carbocycles. The minimum atomic E-state index is 0.472. The summed E-state index contributed by atoms with van der Waals surface area (Å²) in [4.78, 5) is 4.46. The van der Waals surface area contributed by atoms with Crippen LogP contribution in [0.4, 0.5) is 0 Å². The Labute approximate surface area is 88.6 Å². The highest BCUT2D eigenvalue weighted by Crippen LogP contribution is 2.25. The fraction of sp³-hybridized carbons (Fsp3) is 0.250. The van der Waals surface area contributed by atoms with Crippen molar-refractivity contribution in [2.45, 2.75) is 12.2 Å². The summed E-state index contributed by atoms with van der Waals surface area (Å²) in [6.45, 7) is 2.18. The Morgan fingerprint density at radius 1 is 1.21 bits per heavy atom. The van der Waals surface area contributed by atoms with E-state index in [0.29, 0.717) is 5.25 Å². The molecule has 1 atom stereocenters. The quantitative estimate of drug-likeness (QED) is 0.738. The Kier molecular flexibility index (Phi) is 2.73. The van der Waals surface area contributed by atoms with Crippen molar-refractivity contribution in [1.29, 1.82) is 0 Å². The summed E-state index contributed by atoms with van der Waals surface area (Å²) in [5.41, 5.74) is 1.16. The monoisotopic (exact) mass is 203 g/mol. The summed E-state index contributed by atoms with van der Waals surface area (Å²) in [6.07, 6.45) is 4.07. The molecule has 0 bridgehead atoms. The van der Waals surface area contributed by atoms with E-state index in [0.717, 1.165) is 5.69 Å². The SMILES string of the molecule is CSC(C)c1cc2ccccc2cn1. The summed E-state index contributed by atoms with van der Waals surface area (Å²) < 4.78 is 0. The summed E-state index contributed by atoms with van der Waals surface area (Å²) in [5.74, 6) is 0. The van der Waals surface area contributed by atoms with Gasteiger partial charge in [0.05, 0.1) is 5.69 Å². The Bertz CT molecular complexity index is 439. The van der Waals surface area contributed by atoms with Crippen LogP contribution in [0, 0.1) is 0 Å².